The highest BCUT2D eigenvalue weighted by Crippen LogP contribution is 2.13. The normalized spacial score (nSPS) is 10.2. The molecule has 0 aliphatic heterocycles. The number of allylic oxidation sites excluding steroid dienone is 1. The second-order valence-corrected chi connectivity index (χ2v) is 4.67. The summed E-state index contributed by atoms with van der Waals surface area (Å²) < 4.78 is 0. The van der Waals surface area contributed by atoms with Crippen LogP contribution in [-0.4, -0.2) is 11.7 Å². The molecule has 17 heavy (non-hydrogen) atoms. The molecule has 0 heterocycles. The van der Waals surface area contributed by atoms with E-state index in [0.29, 0.717) is 6.42 Å². The lowest BCUT2D eigenvalue weighted by Crippen LogP contribution is -1.93. The standard InChI is InChI=1S/C16H22O/c1-13(2)4-5-15-6-8-16(9-7-15)12-14(3)10-11-17/h6-9,17H,1,3-5,10-12H2,2H3. The third-order valence-corrected chi connectivity index (χ3v) is 2.78. The van der Waals surface area contributed by atoms with Crippen molar-refractivity contribution in [3.8, 4) is 0 Å². The van der Waals surface area contributed by atoms with Gasteiger partial charge in [-0.1, -0.05) is 42.0 Å². The highest BCUT2D eigenvalue weighted by atomic mass is 16.2. The minimum absolute atomic E-state index is 0.190. The van der Waals surface area contributed by atoms with E-state index in [1.807, 2.05) is 0 Å². The smallest absolute Gasteiger partial charge is 0.0468 e. The molecule has 0 aromatic heterocycles. The number of aliphatic hydroxyl groups is 1. The van der Waals surface area contributed by atoms with Crippen LogP contribution in [0.1, 0.15) is 30.9 Å². The zero-order valence-electron chi connectivity index (χ0n) is 10.7. The Kier molecular flexibility index (Phi) is 5.71. The number of rotatable bonds is 7. The first-order chi connectivity index (χ1) is 8.11. The molecular weight excluding hydrogens is 208 g/mol. The highest BCUT2D eigenvalue weighted by molar-refractivity contribution is 5.26. The van der Waals surface area contributed by atoms with Crippen molar-refractivity contribution < 1.29 is 5.11 Å². The van der Waals surface area contributed by atoms with Gasteiger partial charge in [-0.15, -0.1) is 6.58 Å². The van der Waals surface area contributed by atoms with Crippen LogP contribution in [0.4, 0.5) is 0 Å². The maximum Gasteiger partial charge on any atom is 0.0468 e. The van der Waals surface area contributed by atoms with Gasteiger partial charge in [0.05, 0.1) is 0 Å². The molecule has 0 aliphatic rings. The van der Waals surface area contributed by atoms with Gasteiger partial charge >= 0.3 is 0 Å². The van der Waals surface area contributed by atoms with Gasteiger partial charge in [-0.3, -0.25) is 0 Å². The predicted octanol–water partition coefficient (Wildman–Crippen LogP) is 3.68. The van der Waals surface area contributed by atoms with Crippen LogP contribution in [0.2, 0.25) is 0 Å². The van der Waals surface area contributed by atoms with Gasteiger partial charge in [0, 0.05) is 6.61 Å². The molecule has 0 bridgehead atoms. The number of hydrogen-bond donors (Lipinski definition) is 1. The summed E-state index contributed by atoms with van der Waals surface area (Å²) >= 11 is 0. The number of aryl methyl sites for hydroxylation is 1. The van der Waals surface area contributed by atoms with Gasteiger partial charge in [-0.05, 0) is 43.7 Å². The number of benzene rings is 1. The lowest BCUT2D eigenvalue weighted by atomic mass is 10.0. The van der Waals surface area contributed by atoms with Crippen LogP contribution in [0.25, 0.3) is 0 Å². The molecule has 1 aromatic rings. The Hall–Kier alpha value is -1.34. The van der Waals surface area contributed by atoms with Gasteiger partial charge in [-0.2, -0.15) is 0 Å². The molecule has 0 saturated carbocycles. The second-order valence-electron chi connectivity index (χ2n) is 4.67. The molecule has 0 radical (unpaired) electrons. The summed E-state index contributed by atoms with van der Waals surface area (Å²) in [5.41, 5.74) is 4.93. The van der Waals surface area contributed by atoms with Crippen molar-refractivity contribution in [3.63, 3.8) is 0 Å². The summed E-state index contributed by atoms with van der Waals surface area (Å²) in [5.74, 6) is 0. The van der Waals surface area contributed by atoms with E-state index in [0.717, 1.165) is 24.8 Å². The van der Waals surface area contributed by atoms with E-state index in [9.17, 15) is 0 Å². The van der Waals surface area contributed by atoms with Crippen molar-refractivity contribution in [2.45, 2.75) is 32.6 Å². The molecule has 0 spiro atoms. The Labute approximate surface area is 104 Å². The molecule has 0 atom stereocenters. The summed E-state index contributed by atoms with van der Waals surface area (Å²) in [6, 6.07) is 8.64. The van der Waals surface area contributed by atoms with Crippen LogP contribution in [-0.2, 0) is 12.8 Å². The number of aliphatic hydroxyl groups excluding tert-OH is 1. The van der Waals surface area contributed by atoms with Crippen molar-refractivity contribution in [1.29, 1.82) is 0 Å². The first kappa shape index (κ1) is 13.7. The Bertz CT molecular complexity index is 373. The van der Waals surface area contributed by atoms with E-state index in [1.165, 1.54) is 16.7 Å². The van der Waals surface area contributed by atoms with E-state index >= 15 is 0 Å². The van der Waals surface area contributed by atoms with Crippen LogP contribution < -0.4 is 0 Å². The van der Waals surface area contributed by atoms with E-state index in [4.69, 9.17) is 5.11 Å². The summed E-state index contributed by atoms with van der Waals surface area (Å²) in [6.07, 6.45) is 3.67. The monoisotopic (exact) mass is 230 g/mol. The zero-order chi connectivity index (χ0) is 12.7. The van der Waals surface area contributed by atoms with Crippen LogP contribution in [0.3, 0.4) is 0 Å². The van der Waals surface area contributed by atoms with Gasteiger partial charge < -0.3 is 5.11 Å². The highest BCUT2D eigenvalue weighted by Gasteiger charge is 1.98. The maximum absolute atomic E-state index is 8.81. The summed E-state index contributed by atoms with van der Waals surface area (Å²) in [6.45, 7) is 10.1. The molecule has 0 unspecified atom stereocenters. The topological polar surface area (TPSA) is 20.2 Å². The molecule has 1 aromatic carbocycles. The van der Waals surface area contributed by atoms with Gasteiger partial charge in [0.2, 0.25) is 0 Å². The van der Waals surface area contributed by atoms with E-state index < -0.39 is 0 Å². The fourth-order valence-electron chi connectivity index (χ4n) is 1.72. The molecule has 0 saturated heterocycles. The largest absolute Gasteiger partial charge is 0.396 e. The molecular formula is C16H22O. The molecule has 1 rings (SSSR count). The SMILES string of the molecule is C=C(C)CCc1ccc(CC(=C)CCO)cc1. The molecule has 92 valence electrons. The Morgan fingerprint density at radius 3 is 2.18 bits per heavy atom. The minimum Gasteiger partial charge on any atom is -0.396 e. The molecule has 1 heteroatoms. The first-order valence-electron chi connectivity index (χ1n) is 6.11. The van der Waals surface area contributed by atoms with Gasteiger partial charge in [0.1, 0.15) is 0 Å². The zero-order valence-corrected chi connectivity index (χ0v) is 10.7. The average Bonchev–Trinajstić information content (AvgIpc) is 2.28. The first-order valence-corrected chi connectivity index (χ1v) is 6.11. The Morgan fingerprint density at radius 1 is 1.06 bits per heavy atom. The fraction of sp³-hybridized carbons (Fsp3) is 0.375. The van der Waals surface area contributed by atoms with E-state index in [1.54, 1.807) is 0 Å². The van der Waals surface area contributed by atoms with Crippen LogP contribution in [0, 0.1) is 0 Å². The predicted molar refractivity (Wildman–Crippen MR) is 74.1 cm³/mol. The maximum atomic E-state index is 8.81. The van der Waals surface area contributed by atoms with Crippen molar-refractivity contribution in [2.75, 3.05) is 6.61 Å². The summed E-state index contributed by atoms with van der Waals surface area (Å²) in [5, 5.41) is 8.81. The molecule has 0 aliphatic carbocycles. The minimum atomic E-state index is 0.190. The van der Waals surface area contributed by atoms with Crippen LogP contribution in [0.5, 0.6) is 0 Å². The average molecular weight is 230 g/mol. The molecule has 0 fully saturated rings. The summed E-state index contributed by atoms with van der Waals surface area (Å²) in [4.78, 5) is 0. The Morgan fingerprint density at radius 2 is 1.65 bits per heavy atom. The van der Waals surface area contributed by atoms with Crippen LogP contribution in [0.15, 0.2) is 48.6 Å². The van der Waals surface area contributed by atoms with Crippen LogP contribution >= 0.6 is 0 Å². The van der Waals surface area contributed by atoms with E-state index in [2.05, 4.69) is 44.3 Å². The lowest BCUT2D eigenvalue weighted by molar-refractivity contribution is 0.298. The van der Waals surface area contributed by atoms with Gasteiger partial charge in [0.15, 0.2) is 0 Å². The van der Waals surface area contributed by atoms with Crippen molar-refractivity contribution in [1.82, 2.24) is 0 Å². The van der Waals surface area contributed by atoms with Gasteiger partial charge in [0.25, 0.3) is 0 Å². The van der Waals surface area contributed by atoms with Gasteiger partial charge in [-0.25, -0.2) is 0 Å². The Balaban J connectivity index is 2.49. The molecule has 1 N–H and O–H groups in total. The second kappa shape index (κ2) is 7.08. The molecule has 1 nitrogen and oxygen atoms in total. The lowest BCUT2D eigenvalue weighted by Gasteiger charge is -2.06. The van der Waals surface area contributed by atoms with Crippen molar-refractivity contribution in [3.05, 3.63) is 59.7 Å². The third kappa shape index (κ3) is 5.50. The van der Waals surface area contributed by atoms with Crippen molar-refractivity contribution in [2.24, 2.45) is 0 Å². The van der Waals surface area contributed by atoms with Crippen molar-refractivity contribution >= 4 is 0 Å². The summed E-state index contributed by atoms with van der Waals surface area (Å²) in [7, 11) is 0. The van der Waals surface area contributed by atoms with E-state index in [-0.39, 0.29) is 6.61 Å². The third-order valence-electron chi connectivity index (χ3n) is 2.78. The fourth-order valence-corrected chi connectivity index (χ4v) is 1.72. The quantitative estimate of drug-likeness (QED) is 0.708. The molecule has 0 amide bonds. The number of hydrogen-bond acceptors (Lipinski definition) is 1.